The van der Waals surface area contributed by atoms with Crippen molar-refractivity contribution in [2.75, 3.05) is 11.9 Å². The number of ether oxygens (including phenoxy) is 1. The van der Waals surface area contributed by atoms with Crippen molar-refractivity contribution in [2.45, 2.75) is 25.9 Å². The summed E-state index contributed by atoms with van der Waals surface area (Å²) in [6.45, 7) is 3.21. The van der Waals surface area contributed by atoms with E-state index in [1.54, 1.807) is 31.2 Å². The van der Waals surface area contributed by atoms with Gasteiger partial charge >= 0.3 is 0 Å². The average molecular weight is 438 g/mol. The Kier molecular flexibility index (Phi) is 5.48. The second kappa shape index (κ2) is 8.12. The van der Waals surface area contributed by atoms with Crippen LogP contribution < -0.4 is 10.1 Å². The van der Waals surface area contributed by atoms with Crippen LogP contribution in [-0.4, -0.2) is 34.0 Å². The van der Waals surface area contributed by atoms with Gasteiger partial charge in [-0.2, -0.15) is 0 Å². The Hall–Kier alpha value is -3.65. The maximum absolute atomic E-state index is 13.8. The van der Waals surface area contributed by atoms with Crippen LogP contribution in [0.3, 0.4) is 0 Å². The van der Waals surface area contributed by atoms with Crippen molar-refractivity contribution in [3.8, 4) is 17.0 Å². The number of pyridine rings is 1. The smallest absolute Gasteiger partial charge is 0.261 e. The van der Waals surface area contributed by atoms with Gasteiger partial charge < -0.3 is 15.2 Å². The lowest BCUT2D eigenvalue weighted by Crippen LogP contribution is -2.42. The Morgan fingerprint density at radius 3 is 2.53 bits per heavy atom. The van der Waals surface area contributed by atoms with E-state index in [1.165, 1.54) is 12.3 Å². The van der Waals surface area contributed by atoms with Crippen molar-refractivity contribution in [1.82, 2.24) is 4.98 Å². The molecule has 2 heterocycles. The molecule has 0 spiro atoms. The lowest BCUT2D eigenvalue weighted by Gasteiger charge is -2.33. The number of hydrogen-bond donors (Lipinski definition) is 2. The molecule has 8 heteroatoms. The maximum Gasteiger partial charge on any atom is 0.261 e. The third kappa shape index (κ3) is 3.97. The number of aliphatic hydroxyl groups excluding tert-OH is 1. The van der Waals surface area contributed by atoms with E-state index in [0.29, 0.717) is 22.6 Å². The predicted octanol–water partition coefficient (Wildman–Crippen LogP) is 4.30. The normalized spacial score (nSPS) is 17.5. The van der Waals surface area contributed by atoms with Crippen LogP contribution >= 0.6 is 0 Å². The van der Waals surface area contributed by atoms with E-state index in [0.717, 1.165) is 17.7 Å². The van der Waals surface area contributed by atoms with Gasteiger partial charge in [0.1, 0.15) is 28.5 Å². The molecular weight excluding hydrogens is 418 g/mol. The van der Waals surface area contributed by atoms with Crippen molar-refractivity contribution in [3.63, 3.8) is 0 Å². The highest BCUT2D eigenvalue weighted by molar-refractivity contribution is 6.04. The molecule has 2 aromatic carbocycles. The fraction of sp³-hybridized carbons (Fsp3) is 0.208. The molecule has 2 N–H and O–H groups in total. The van der Waals surface area contributed by atoms with Gasteiger partial charge in [-0.25, -0.2) is 8.78 Å². The molecule has 0 aliphatic carbocycles. The number of nitrogens with zero attached hydrogens (tertiary/aromatic N) is 1. The molecule has 6 nitrogen and oxygen atoms in total. The number of fused-ring (bicyclic) bond motifs is 1. The zero-order valence-electron chi connectivity index (χ0n) is 17.4. The summed E-state index contributed by atoms with van der Waals surface area (Å²) in [6, 6.07) is 9.81. The summed E-state index contributed by atoms with van der Waals surface area (Å²) in [7, 11) is 0. The van der Waals surface area contributed by atoms with E-state index in [9.17, 15) is 23.5 Å². The number of rotatable bonds is 4. The molecular formula is C24H20F2N2O4. The van der Waals surface area contributed by atoms with Crippen LogP contribution in [0.2, 0.25) is 0 Å². The molecule has 0 saturated carbocycles. The third-order valence-corrected chi connectivity index (χ3v) is 5.34. The number of amides is 1. The maximum atomic E-state index is 13.8. The number of benzene rings is 2. The molecule has 1 aromatic heterocycles. The number of Topliss-reactive ketones (excluding diaryl/α,β-unsaturated/α-hetero) is 1. The van der Waals surface area contributed by atoms with Gasteiger partial charge in [0.05, 0.1) is 36.2 Å². The molecule has 0 bridgehead atoms. The second-order valence-corrected chi connectivity index (χ2v) is 7.96. The first-order chi connectivity index (χ1) is 15.2. The minimum absolute atomic E-state index is 0.0878. The third-order valence-electron chi connectivity index (χ3n) is 5.34. The van der Waals surface area contributed by atoms with E-state index in [4.69, 9.17) is 4.74 Å². The number of carbonyl (C=O) groups is 2. The van der Waals surface area contributed by atoms with Crippen LogP contribution in [0.25, 0.3) is 11.3 Å². The molecule has 0 saturated heterocycles. The van der Waals surface area contributed by atoms with E-state index in [2.05, 4.69) is 10.3 Å². The van der Waals surface area contributed by atoms with Crippen molar-refractivity contribution in [1.29, 1.82) is 0 Å². The second-order valence-electron chi connectivity index (χ2n) is 7.96. The summed E-state index contributed by atoms with van der Waals surface area (Å²) in [5, 5.41) is 12.0. The quantitative estimate of drug-likeness (QED) is 0.634. The molecule has 1 atom stereocenters. The minimum Gasteiger partial charge on any atom is -0.484 e. The molecule has 1 amide bonds. The van der Waals surface area contributed by atoms with Crippen LogP contribution in [0.4, 0.5) is 14.5 Å². The zero-order chi connectivity index (χ0) is 23.0. The van der Waals surface area contributed by atoms with E-state index in [-0.39, 0.29) is 24.5 Å². The van der Waals surface area contributed by atoms with Gasteiger partial charge in [0.25, 0.3) is 5.91 Å². The van der Waals surface area contributed by atoms with Gasteiger partial charge in [0, 0.05) is 5.56 Å². The Balaban J connectivity index is 1.60. The van der Waals surface area contributed by atoms with E-state index >= 15 is 0 Å². The van der Waals surface area contributed by atoms with Crippen LogP contribution in [0.1, 0.15) is 39.6 Å². The van der Waals surface area contributed by atoms with Crippen LogP contribution in [0.15, 0.2) is 48.7 Å². The van der Waals surface area contributed by atoms with Gasteiger partial charge in [0.15, 0.2) is 5.78 Å². The SMILES string of the molecule is Cc1cc2c(cc1-c1ccc(NC(=O)c3c(F)cccc3F)cn1)OC(C)(CO)CC2=O. The molecule has 1 unspecified atom stereocenters. The number of carbonyl (C=O) groups excluding carboxylic acids is 2. The van der Waals surface area contributed by atoms with Crippen LogP contribution in [-0.2, 0) is 0 Å². The molecule has 164 valence electrons. The summed E-state index contributed by atoms with van der Waals surface area (Å²) in [4.78, 5) is 29.1. The predicted molar refractivity (Wildman–Crippen MR) is 114 cm³/mol. The number of aromatic nitrogens is 1. The minimum atomic E-state index is -0.986. The Labute approximate surface area is 182 Å². The summed E-state index contributed by atoms with van der Waals surface area (Å²) < 4.78 is 33.5. The Morgan fingerprint density at radius 2 is 1.91 bits per heavy atom. The molecule has 4 rings (SSSR count). The first-order valence-corrected chi connectivity index (χ1v) is 9.90. The van der Waals surface area contributed by atoms with Crippen LogP contribution in [0, 0.1) is 18.6 Å². The van der Waals surface area contributed by atoms with Crippen molar-refractivity contribution >= 4 is 17.4 Å². The Morgan fingerprint density at radius 1 is 1.19 bits per heavy atom. The number of aryl methyl sites for hydroxylation is 1. The van der Waals surface area contributed by atoms with E-state index in [1.807, 2.05) is 6.92 Å². The monoisotopic (exact) mass is 438 g/mol. The highest BCUT2D eigenvalue weighted by Gasteiger charge is 2.36. The molecule has 32 heavy (non-hydrogen) atoms. The number of halogens is 2. The highest BCUT2D eigenvalue weighted by Crippen LogP contribution is 2.37. The molecule has 1 aliphatic rings. The molecule has 0 radical (unpaired) electrons. The lowest BCUT2D eigenvalue weighted by atomic mass is 9.89. The summed E-state index contributed by atoms with van der Waals surface area (Å²) in [6.07, 6.45) is 1.46. The van der Waals surface area contributed by atoms with Crippen LogP contribution in [0.5, 0.6) is 5.75 Å². The topological polar surface area (TPSA) is 88.5 Å². The van der Waals surface area contributed by atoms with Gasteiger partial charge in [-0.3, -0.25) is 14.6 Å². The number of hydrogen-bond acceptors (Lipinski definition) is 5. The summed E-state index contributed by atoms with van der Waals surface area (Å²) in [5.41, 5.74) is 1.11. The van der Waals surface area contributed by atoms with E-state index < -0.39 is 28.7 Å². The zero-order valence-corrected chi connectivity index (χ0v) is 17.4. The van der Waals surface area contributed by atoms with Crippen molar-refractivity contribution in [2.24, 2.45) is 0 Å². The fourth-order valence-electron chi connectivity index (χ4n) is 3.63. The molecule has 3 aromatic rings. The summed E-state index contributed by atoms with van der Waals surface area (Å²) in [5.74, 6) is -2.57. The Bertz CT molecular complexity index is 1210. The number of nitrogens with one attached hydrogen (secondary N) is 1. The fourth-order valence-corrected chi connectivity index (χ4v) is 3.63. The van der Waals surface area contributed by atoms with Gasteiger partial charge in [-0.15, -0.1) is 0 Å². The lowest BCUT2D eigenvalue weighted by molar-refractivity contribution is 0.0109. The largest absolute Gasteiger partial charge is 0.484 e. The van der Waals surface area contributed by atoms with Gasteiger partial charge in [0.2, 0.25) is 0 Å². The number of ketones is 1. The standard InChI is InChI=1S/C24H20F2N2O4/c1-13-8-16-20(30)10-24(2,12-29)32-21(16)9-15(13)19-7-6-14(11-27-19)28-23(31)22-17(25)4-3-5-18(22)26/h3-9,11,29H,10,12H2,1-2H3,(H,28,31). The molecule has 1 aliphatic heterocycles. The molecule has 0 fully saturated rings. The first kappa shape index (κ1) is 21.6. The first-order valence-electron chi connectivity index (χ1n) is 9.90. The average Bonchev–Trinajstić information content (AvgIpc) is 2.74. The van der Waals surface area contributed by atoms with Crippen molar-refractivity contribution in [3.05, 3.63) is 77.0 Å². The number of anilines is 1. The van der Waals surface area contributed by atoms with Crippen molar-refractivity contribution < 1.29 is 28.2 Å². The number of aliphatic hydroxyl groups is 1. The van der Waals surface area contributed by atoms with Gasteiger partial charge in [-0.1, -0.05) is 6.07 Å². The highest BCUT2D eigenvalue weighted by atomic mass is 19.1. The summed E-state index contributed by atoms with van der Waals surface area (Å²) >= 11 is 0. The van der Waals surface area contributed by atoms with Gasteiger partial charge in [-0.05, 0) is 55.8 Å².